The van der Waals surface area contributed by atoms with Crippen molar-refractivity contribution in [2.24, 2.45) is 5.92 Å². The van der Waals surface area contributed by atoms with Gasteiger partial charge in [0.1, 0.15) is 5.82 Å². The number of benzene rings is 1. The van der Waals surface area contributed by atoms with E-state index in [0.29, 0.717) is 30.9 Å². The van der Waals surface area contributed by atoms with Crippen LogP contribution in [-0.4, -0.2) is 58.8 Å². The Morgan fingerprint density at radius 3 is 2.75 bits per heavy atom. The molecule has 1 aromatic carbocycles. The lowest BCUT2D eigenvalue weighted by Gasteiger charge is -2.43. The molecule has 4 heterocycles. The molecule has 3 fully saturated rings. The Bertz CT molecular complexity index is 1300. The zero-order valence-corrected chi connectivity index (χ0v) is 22.2. The van der Waals surface area contributed by atoms with Crippen molar-refractivity contribution in [3.8, 4) is 0 Å². The Hall–Kier alpha value is -2.03. The molecule has 2 aliphatic heterocycles. The molecule has 2 aromatic heterocycles. The molecule has 2 N–H and O–H groups in total. The predicted molar refractivity (Wildman–Crippen MR) is 144 cm³/mol. The topological polar surface area (TPSA) is 74.7 Å². The van der Waals surface area contributed by atoms with Crippen LogP contribution < -0.4 is 5.32 Å². The van der Waals surface area contributed by atoms with Crippen molar-refractivity contribution in [2.45, 2.75) is 56.6 Å². The summed E-state index contributed by atoms with van der Waals surface area (Å²) < 4.78 is 5.54. The second-order valence-corrected chi connectivity index (χ2v) is 12.6. The smallest absolute Gasteiger partial charge is 0.229 e. The molecule has 1 aliphatic carbocycles. The molecule has 0 spiro atoms. The molecule has 3 aromatic rings. The molecule has 3 aliphatic rings. The van der Waals surface area contributed by atoms with Gasteiger partial charge in [0.25, 0.3) is 0 Å². The van der Waals surface area contributed by atoms with E-state index in [1.165, 1.54) is 9.75 Å². The molecule has 1 saturated carbocycles. The molecular weight excluding hydrogens is 494 g/mol. The number of aliphatic hydroxyl groups excluding tert-OH is 1. The van der Waals surface area contributed by atoms with Gasteiger partial charge in [0.05, 0.1) is 24.9 Å². The van der Waals surface area contributed by atoms with E-state index >= 15 is 0 Å². The van der Waals surface area contributed by atoms with Gasteiger partial charge in [0.15, 0.2) is 0 Å². The van der Waals surface area contributed by atoms with Gasteiger partial charge in [-0.3, -0.25) is 9.69 Å². The zero-order chi connectivity index (χ0) is 25.0. The summed E-state index contributed by atoms with van der Waals surface area (Å²) in [5.41, 5.74) is 0.843. The third kappa shape index (κ3) is 4.45. The number of hydrogen-bond acceptors (Lipinski definition) is 6. The summed E-state index contributed by atoms with van der Waals surface area (Å²) in [5, 5.41) is 16.2. The van der Waals surface area contributed by atoms with E-state index in [0.717, 1.165) is 53.7 Å². The van der Waals surface area contributed by atoms with Crippen LogP contribution in [0.4, 0.5) is 5.82 Å². The Labute approximate surface area is 220 Å². The fourth-order valence-electron chi connectivity index (χ4n) is 5.89. The molecule has 4 atom stereocenters. The lowest BCUT2D eigenvalue weighted by atomic mass is 9.85. The number of aliphatic hydroxyl groups is 1. The van der Waals surface area contributed by atoms with Crippen LogP contribution in [0.15, 0.2) is 36.5 Å². The van der Waals surface area contributed by atoms with Crippen LogP contribution in [0.5, 0.6) is 0 Å². The number of ether oxygens (including phenoxy) is 1. The first-order valence-corrected chi connectivity index (χ1v) is 14.0. The van der Waals surface area contributed by atoms with Crippen LogP contribution in [0.2, 0.25) is 5.02 Å². The van der Waals surface area contributed by atoms with Crippen molar-refractivity contribution in [3.63, 3.8) is 0 Å². The number of piperidine rings is 1. The van der Waals surface area contributed by atoms with Gasteiger partial charge in [-0.1, -0.05) is 11.6 Å². The minimum Gasteiger partial charge on any atom is -0.389 e. The van der Waals surface area contributed by atoms with E-state index in [-0.39, 0.29) is 17.4 Å². The van der Waals surface area contributed by atoms with E-state index < -0.39 is 6.10 Å². The number of pyridine rings is 1. The van der Waals surface area contributed by atoms with Gasteiger partial charge in [-0.05, 0) is 93.4 Å². The van der Waals surface area contributed by atoms with E-state index in [1.807, 2.05) is 12.1 Å². The van der Waals surface area contributed by atoms with Crippen molar-refractivity contribution in [1.82, 2.24) is 9.88 Å². The maximum Gasteiger partial charge on any atom is 0.229 e. The third-order valence-electron chi connectivity index (χ3n) is 8.39. The molecule has 0 radical (unpaired) electrons. The highest BCUT2D eigenvalue weighted by Gasteiger charge is 2.46. The highest BCUT2D eigenvalue weighted by Crippen LogP contribution is 2.50. The largest absolute Gasteiger partial charge is 0.389 e. The Morgan fingerprint density at radius 2 is 2.06 bits per heavy atom. The van der Waals surface area contributed by atoms with Gasteiger partial charge in [-0.2, -0.15) is 0 Å². The number of halogens is 1. The predicted octanol–water partition coefficient (Wildman–Crippen LogP) is 5.33. The first-order chi connectivity index (χ1) is 17.3. The lowest BCUT2D eigenvalue weighted by Crippen LogP contribution is -2.56. The SMILES string of the molecule is Cc1ccc([C@@H]2C[C@H]2C(=O)Nc2cc3cc(C4CCN([C@]5(C)COC[C@@H]5O)CC4)c(Cl)cc3cn2)s1. The summed E-state index contributed by atoms with van der Waals surface area (Å²) in [6.45, 7) is 6.99. The molecule has 0 unspecified atom stereocenters. The number of carbonyl (C=O) groups excluding carboxylic acids is 1. The number of hydrogen-bond donors (Lipinski definition) is 2. The van der Waals surface area contributed by atoms with Gasteiger partial charge >= 0.3 is 0 Å². The van der Waals surface area contributed by atoms with Crippen LogP contribution in [-0.2, 0) is 9.53 Å². The van der Waals surface area contributed by atoms with Gasteiger partial charge < -0.3 is 15.2 Å². The normalized spacial score (nSPS) is 29.1. The molecule has 6 nitrogen and oxygen atoms in total. The Balaban J connectivity index is 1.15. The number of nitrogens with zero attached hydrogens (tertiary/aromatic N) is 2. The highest BCUT2D eigenvalue weighted by atomic mass is 35.5. The standard InChI is InChI=1S/C28H32ClN3O3S/c1-16-3-4-24(36-16)21-12-22(21)27(34)31-26-11-18-9-20(23(29)10-19(18)13-30-26)17-5-7-32(8-6-17)28(2)15-35-14-25(28)33/h3-4,9-11,13,17,21-22,25,33H,5-8,12,14-15H2,1-2H3,(H,30,31,34)/t21-,22-,25+,28-/m1/s1. The first-order valence-electron chi connectivity index (χ1n) is 12.8. The van der Waals surface area contributed by atoms with Crippen LogP contribution >= 0.6 is 22.9 Å². The monoisotopic (exact) mass is 525 g/mol. The summed E-state index contributed by atoms with van der Waals surface area (Å²) in [6.07, 6.45) is 4.21. The summed E-state index contributed by atoms with van der Waals surface area (Å²) >= 11 is 8.51. The summed E-state index contributed by atoms with van der Waals surface area (Å²) in [6, 6.07) is 10.4. The van der Waals surface area contributed by atoms with Gasteiger partial charge in [-0.15, -0.1) is 11.3 Å². The number of likely N-dealkylation sites (tertiary alicyclic amines) is 1. The zero-order valence-electron chi connectivity index (χ0n) is 20.7. The minimum atomic E-state index is -0.445. The van der Waals surface area contributed by atoms with Crippen molar-refractivity contribution in [2.75, 3.05) is 31.6 Å². The number of fused-ring (bicyclic) bond motifs is 1. The van der Waals surface area contributed by atoms with Gasteiger partial charge in [0.2, 0.25) is 5.91 Å². The molecule has 36 heavy (non-hydrogen) atoms. The third-order valence-corrected chi connectivity index (χ3v) is 9.85. The number of aromatic nitrogens is 1. The van der Waals surface area contributed by atoms with E-state index in [4.69, 9.17) is 16.3 Å². The molecular formula is C28H32ClN3O3S. The molecule has 2 saturated heterocycles. The highest BCUT2D eigenvalue weighted by molar-refractivity contribution is 7.12. The maximum absolute atomic E-state index is 12.9. The summed E-state index contributed by atoms with van der Waals surface area (Å²) in [5.74, 6) is 1.35. The molecule has 1 amide bonds. The van der Waals surface area contributed by atoms with Crippen LogP contribution in [0.25, 0.3) is 10.8 Å². The number of aryl methyl sites for hydroxylation is 1. The van der Waals surface area contributed by atoms with Crippen molar-refractivity contribution in [1.29, 1.82) is 0 Å². The number of amides is 1. The Kier molecular flexibility index (Phi) is 6.33. The van der Waals surface area contributed by atoms with Gasteiger partial charge in [-0.25, -0.2) is 4.98 Å². The first kappa shape index (κ1) is 24.3. The average molecular weight is 526 g/mol. The number of nitrogens with one attached hydrogen (secondary N) is 1. The fourth-order valence-corrected chi connectivity index (χ4v) is 7.27. The van der Waals surface area contributed by atoms with Gasteiger partial charge in [0, 0.05) is 38.2 Å². The van der Waals surface area contributed by atoms with Crippen LogP contribution in [0.3, 0.4) is 0 Å². The Morgan fingerprint density at radius 1 is 1.25 bits per heavy atom. The maximum atomic E-state index is 12.9. The van der Waals surface area contributed by atoms with Crippen molar-refractivity contribution < 1.29 is 14.6 Å². The number of rotatable bonds is 5. The van der Waals surface area contributed by atoms with E-state index in [9.17, 15) is 9.90 Å². The molecule has 0 bridgehead atoms. The molecule has 8 heteroatoms. The second-order valence-electron chi connectivity index (χ2n) is 10.8. The minimum absolute atomic E-state index is 0.0251. The van der Waals surface area contributed by atoms with Crippen molar-refractivity contribution >= 4 is 45.4 Å². The lowest BCUT2D eigenvalue weighted by molar-refractivity contribution is -0.117. The van der Waals surface area contributed by atoms with E-state index in [1.54, 1.807) is 17.5 Å². The summed E-state index contributed by atoms with van der Waals surface area (Å²) in [4.78, 5) is 22.3. The van der Waals surface area contributed by atoms with E-state index in [2.05, 4.69) is 47.2 Å². The quantitative estimate of drug-likeness (QED) is 0.471. The molecule has 190 valence electrons. The van der Waals surface area contributed by atoms with Crippen LogP contribution in [0.1, 0.15) is 53.3 Å². The molecule has 6 rings (SSSR count). The number of anilines is 1. The summed E-state index contributed by atoms with van der Waals surface area (Å²) in [7, 11) is 0. The van der Waals surface area contributed by atoms with Crippen molar-refractivity contribution in [3.05, 3.63) is 56.9 Å². The fraction of sp³-hybridized carbons (Fsp3) is 0.500. The average Bonchev–Trinajstić information content (AvgIpc) is 3.44. The van der Waals surface area contributed by atoms with Crippen LogP contribution in [0, 0.1) is 12.8 Å². The number of carbonyl (C=O) groups is 1. The second kappa shape index (κ2) is 9.37. The number of thiophene rings is 1.